The number of nitrogens with zero attached hydrogens (tertiary/aromatic N) is 1. The van der Waals surface area contributed by atoms with Crippen LogP contribution in [0.15, 0.2) is 35.0 Å². The lowest BCUT2D eigenvalue weighted by Gasteiger charge is -2.03. The Kier molecular flexibility index (Phi) is 3.25. The molecule has 0 aromatic carbocycles. The van der Waals surface area contributed by atoms with E-state index in [0.717, 1.165) is 20.8 Å². The van der Waals surface area contributed by atoms with Crippen molar-refractivity contribution in [1.82, 2.24) is 4.98 Å². The third kappa shape index (κ3) is 2.95. The smallest absolute Gasteiger partial charge is 0.164 e. The Morgan fingerprint density at radius 2 is 2.27 bits per heavy atom. The number of hydrogen-bond acceptors (Lipinski definition) is 3. The van der Waals surface area contributed by atoms with E-state index in [4.69, 9.17) is 4.42 Å². The molecule has 1 N–H and O–H groups in total. The molecule has 0 unspecified atom stereocenters. The van der Waals surface area contributed by atoms with E-state index >= 15 is 0 Å². The van der Waals surface area contributed by atoms with Crippen molar-refractivity contribution in [2.45, 2.75) is 13.5 Å². The first-order chi connectivity index (χ1) is 7.24. The lowest BCUT2D eigenvalue weighted by atomic mass is 10.3. The summed E-state index contributed by atoms with van der Waals surface area (Å²) in [6.07, 6.45) is 3.64. The summed E-state index contributed by atoms with van der Waals surface area (Å²) in [6.45, 7) is 2.71. The fourth-order valence-corrected chi connectivity index (χ4v) is 1.75. The van der Waals surface area contributed by atoms with Crippen molar-refractivity contribution < 1.29 is 4.42 Å². The van der Waals surface area contributed by atoms with Crippen LogP contribution >= 0.6 is 22.6 Å². The third-order valence-corrected chi connectivity index (χ3v) is 2.55. The van der Waals surface area contributed by atoms with Gasteiger partial charge in [-0.2, -0.15) is 0 Å². The van der Waals surface area contributed by atoms with Crippen molar-refractivity contribution in [3.05, 3.63) is 45.7 Å². The standard InChI is InChI=1S/C11H11IN2O/c1-8-4-9(6-13-5-8)14-7-10-2-3-11(12)15-10/h2-6,14H,7H2,1H3. The molecule has 0 fully saturated rings. The number of furan rings is 1. The number of anilines is 1. The third-order valence-electron chi connectivity index (χ3n) is 1.97. The fraction of sp³-hybridized carbons (Fsp3) is 0.182. The maximum absolute atomic E-state index is 5.44. The number of nitrogens with one attached hydrogen (secondary N) is 1. The second kappa shape index (κ2) is 4.65. The molecule has 4 heteroatoms. The van der Waals surface area contributed by atoms with Crippen LogP contribution in [-0.4, -0.2) is 4.98 Å². The van der Waals surface area contributed by atoms with Crippen LogP contribution in [0.25, 0.3) is 0 Å². The summed E-state index contributed by atoms with van der Waals surface area (Å²) in [5, 5.41) is 3.26. The van der Waals surface area contributed by atoms with E-state index in [0.29, 0.717) is 6.54 Å². The van der Waals surface area contributed by atoms with Crippen LogP contribution in [0.2, 0.25) is 0 Å². The first kappa shape index (κ1) is 10.5. The Balaban J connectivity index is 1.99. The molecule has 15 heavy (non-hydrogen) atoms. The molecule has 2 rings (SSSR count). The van der Waals surface area contributed by atoms with Gasteiger partial charge in [-0.05, 0) is 53.3 Å². The van der Waals surface area contributed by atoms with Crippen LogP contribution in [0.4, 0.5) is 5.69 Å². The van der Waals surface area contributed by atoms with Crippen LogP contribution < -0.4 is 5.32 Å². The van der Waals surface area contributed by atoms with Crippen LogP contribution in [0.5, 0.6) is 0 Å². The zero-order valence-electron chi connectivity index (χ0n) is 8.33. The molecule has 0 amide bonds. The summed E-state index contributed by atoms with van der Waals surface area (Å²) in [7, 11) is 0. The lowest BCUT2D eigenvalue weighted by Crippen LogP contribution is -1.98. The highest BCUT2D eigenvalue weighted by Crippen LogP contribution is 2.13. The van der Waals surface area contributed by atoms with E-state index < -0.39 is 0 Å². The number of rotatable bonds is 3. The summed E-state index contributed by atoms with van der Waals surface area (Å²) >= 11 is 2.15. The quantitative estimate of drug-likeness (QED) is 0.884. The van der Waals surface area contributed by atoms with Crippen LogP contribution in [0.1, 0.15) is 11.3 Å². The Morgan fingerprint density at radius 3 is 2.93 bits per heavy atom. The van der Waals surface area contributed by atoms with Crippen molar-refractivity contribution in [1.29, 1.82) is 0 Å². The van der Waals surface area contributed by atoms with Gasteiger partial charge in [-0.15, -0.1) is 0 Å². The van der Waals surface area contributed by atoms with E-state index in [1.165, 1.54) is 0 Å². The molecule has 78 valence electrons. The topological polar surface area (TPSA) is 38.1 Å². The maximum Gasteiger partial charge on any atom is 0.164 e. The van der Waals surface area contributed by atoms with Gasteiger partial charge in [-0.3, -0.25) is 4.98 Å². The van der Waals surface area contributed by atoms with Crippen molar-refractivity contribution >= 4 is 28.3 Å². The van der Waals surface area contributed by atoms with Gasteiger partial charge in [0.1, 0.15) is 5.76 Å². The number of aryl methyl sites for hydroxylation is 1. The molecule has 0 aliphatic carbocycles. The summed E-state index contributed by atoms with van der Waals surface area (Å²) in [5.41, 5.74) is 2.16. The van der Waals surface area contributed by atoms with E-state index in [1.54, 1.807) is 6.20 Å². The minimum atomic E-state index is 0.689. The SMILES string of the molecule is Cc1cncc(NCc2ccc(I)o2)c1. The van der Waals surface area contributed by atoms with Crippen molar-refractivity contribution in [3.63, 3.8) is 0 Å². The minimum Gasteiger partial charge on any atom is -0.454 e. The van der Waals surface area contributed by atoms with Gasteiger partial charge in [0.05, 0.1) is 12.2 Å². The van der Waals surface area contributed by atoms with E-state index in [9.17, 15) is 0 Å². The van der Waals surface area contributed by atoms with Gasteiger partial charge in [0.2, 0.25) is 0 Å². The highest BCUT2D eigenvalue weighted by atomic mass is 127. The zero-order valence-corrected chi connectivity index (χ0v) is 10.5. The molecule has 0 bridgehead atoms. The lowest BCUT2D eigenvalue weighted by molar-refractivity contribution is 0.493. The van der Waals surface area contributed by atoms with Crippen molar-refractivity contribution in [2.24, 2.45) is 0 Å². The molecule has 0 radical (unpaired) electrons. The summed E-state index contributed by atoms with van der Waals surface area (Å²) in [5.74, 6) is 0.931. The number of hydrogen-bond donors (Lipinski definition) is 1. The predicted molar refractivity (Wildman–Crippen MR) is 67.7 cm³/mol. The molecule has 0 saturated heterocycles. The van der Waals surface area contributed by atoms with Crippen molar-refractivity contribution in [2.75, 3.05) is 5.32 Å². The largest absolute Gasteiger partial charge is 0.454 e. The summed E-state index contributed by atoms with van der Waals surface area (Å²) in [4.78, 5) is 4.11. The predicted octanol–water partition coefficient (Wildman–Crippen LogP) is 3.20. The summed E-state index contributed by atoms with van der Waals surface area (Å²) in [6, 6.07) is 5.98. The van der Waals surface area contributed by atoms with Crippen molar-refractivity contribution in [3.8, 4) is 0 Å². The average molecular weight is 314 g/mol. The molecule has 0 aliphatic heterocycles. The zero-order chi connectivity index (χ0) is 10.7. The Labute approximate surface area is 102 Å². The molecule has 3 nitrogen and oxygen atoms in total. The molecule has 2 heterocycles. The van der Waals surface area contributed by atoms with Gasteiger partial charge in [0.25, 0.3) is 0 Å². The monoisotopic (exact) mass is 314 g/mol. The van der Waals surface area contributed by atoms with Gasteiger partial charge < -0.3 is 9.73 Å². The Bertz CT molecular complexity index is 453. The van der Waals surface area contributed by atoms with E-state index in [2.05, 4.69) is 39.0 Å². The second-order valence-electron chi connectivity index (χ2n) is 3.31. The molecular weight excluding hydrogens is 303 g/mol. The van der Waals surface area contributed by atoms with Gasteiger partial charge in [0, 0.05) is 12.4 Å². The van der Waals surface area contributed by atoms with Gasteiger partial charge in [-0.1, -0.05) is 0 Å². The Hall–Kier alpha value is -1.04. The van der Waals surface area contributed by atoms with Gasteiger partial charge in [0.15, 0.2) is 3.77 Å². The number of pyridine rings is 1. The summed E-state index contributed by atoms with van der Waals surface area (Å²) < 4.78 is 6.35. The highest BCUT2D eigenvalue weighted by molar-refractivity contribution is 14.1. The average Bonchev–Trinajstić information content (AvgIpc) is 2.62. The van der Waals surface area contributed by atoms with Gasteiger partial charge in [-0.25, -0.2) is 0 Å². The second-order valence-corrected chi connectivity index (χ2v) is 4.37. The van der Waals surface area contributed by atoms with Gasteiger partial charge >= 0.3 is 0 Å². The van der Waals surface area contributed by atoms with Crippen LogP contribution in [0, 0.1) is 10.7 Å². The Morgan fingerprint density at radius 1 is 1.40 bits per heavy atom. The number of halogens is 1. The van der Waals surface area contributed by atoms with E-state index in [1.807, 2.05) is 25.3 Å². The minimum absolute atomic E-state index is 0.689. The molecule has 0 atom stereocenters. The molecule has 0 spiro atoms. The highest BCUT2D eigenvalue weighted by Gasteiger charge is 1.99. The first-order valence-electron chi connectivity index (χ1n) is 4.64. The molecule has 2 aromatic heterocycles. The molecular formula is C11H11IN2O. The van der Waals surface area contributed by atoms with E-state index in [-0.39, 0.29) is 0 Å². The van der Waals surface area contributed by atoms with Crippen LogP contribution in [-0.2, 0) is 6.54 Å². The molecule has 2 aromatic rings. The maximum atomic E-state index is 5.44. The number of aromatic nitrogens is 1. The first-order valence-corrected chi connectivity index (χ1v) is 5.71. The molecule has 0 aliphatic rings. The molecule has 0 saturated carbocycles. The van der Waals surface area contributed by atoms with Crippen LogP contribution in [0.3, 0.4) is 0 Å². The normalized spacial score (nSPS) is 10.3. The fourth-order valence-electron chi connectivity index (χ4n) is 1.29.